The fourth-order valence-electron chi connectivity index (χ4n) is 2.60. The van der Waals surface area contributed by atoms with Gasteiger partial charge in [0.2, 0.25) is 0 Å². The van der Waals surface area contributed by atoms with Crippen molar-refractivity contribution in [1.29, 1.82) is 5.26 Å². The summed E-state index contributed by atoms with van der Waals surface area (Å²) in [6, 6.07) is 14.7. The Morgan fingerprint density at radius 2 is 2.03 bits per heavy atom. The average Bonchev–Trinajstić information content (AvgIpc) is 2.75. The first kappa shape index (κ1) is 21.3. The Morgan fingerprint density at radius 3 is 2.66 bits per heavy atom. The number of ether oxygens (including phenoxy) is 2. The maximum absolute atomic E-state index is 12.4. The van der Waals surface area contributed by atoms with Gasteiger partial charge < -0.3 is 14.8 Å². The zero-order chi connectivity index (χ0) is 21.1. The topological polar surface area (TPSA) is 71.3 Å². The molecule has 146 valence electrons. The summed E-state index contributed by atoms with van der Waals surface area (Å²) in [4.78, 5) is 12.4. The molecule has 1 N–H and O–H groups in total. The van der Waals surface area contributed by atoms with Gasteiger partial charge in [0.15, 0.2) is 0 Å². The van der Waals surface area contributed by atoms with Crippen molar-refractivity contribution < 1.29 is 14.3 Å². The number of hydrogen-bond donors (Lipinski definition) is 1. The zero-order valence-electron chi connectivity index (χ0n) is 16.3. The standard InChI is InChI=1S/C24H22N2O3/c1-4-6-20-14-19(9-12-23(20)29-13-5-2)15-21(16-25)24(27)26-17-18-7-10-22(28-3)11-8-18/h2,4,7-12,14-15H,1,6,13,17H2,3H3,(H,26,27)/b21-15-. The van der Waals surface area contributed by atoms with E-state index < -0.39 is 5.91 Å². The summed E-state index contributed by atoms with van der Waals surface area (Å²) in [6.07, 6.45) is 9.11. The van der Waals surface area contributed by atoms with Crippen molar-refractivity contribution in [3.63, 3.8) is 0 Å². The normalized spacial score (nSPS) is 10.4. The van der Waals surface area contributed by atoms with E-state index in [9.17, 15) is 10.1 Å². The third kappa shape index (κ3) is 6.30. The molecule has 0 radical (unpaired) electrons. The predicted octanol–water partition coefficient (Wildman–Crippen LogP) is 3.66. The lowest BCUT2D eigenvalue weighted by molar-refractivity contribution is -0.117. The van der Waals surface area contributed by atoms with Crippen LogP contribution in [0.4, 0.5) is 0 Å². The van der Waals surface area contributed by atoms with E-state index in [-0.39, 0.29) is 12.2 Å². The van der Waals surface area contributed by atoms with E-state index >= 15 is 0 Å². The fraction of sp³-hybridized carbons (Fsp3) is 0.167. The first-order chi connectivity index (χ1) is 14.1. The molecule has 5 nitrogen and oxygen atoms in total. The SMILES string of the molecule is C#CCOc1ccc(/C=C(/C#N)C(=O)NCc2ccc(OC)cc2)cc1CC=C. The molecule has 0 unspecified atom stereocenters. The van der Waals surface area contributed by atoms with E-state index in [0.29, 0.717) is 24.3 Å². The van der Waals surface area contributed by atoms with Gasteiger partial charge in [-0.3, -0.25) is 4.79 Å². The number of benzene rings is 2. The predicted molar refractivity (Wildman–Crippen MR) is 113 cm³/mol. The van der Waals surface area contributed by atoms with Crippen LogP contribution in [0.5, 0.6) is 11.5 Å². The minimum Gasteiger partial charge on any atom is -0.497 e. The van der Waals surface area contributed by atoms with Crippen molar-refractivity contribution in [2.24, 2.45) is 0 Å². The van der Waals surface area contributed by atoms with Crippen molar-refractivity contribution >= 4 is 12.0 Å². The summed E-state index contributed by atoms with van der Waals surface area (Å²) in [6.45, 7) is 4.21. The maximum Gasteiger partial charge on any atom is 0.262 e. The quantitative estimate of drug-likeness (QED) is 0.309. The number of nitriles is 1. The van der Waals surface area contributed by atoms with Gasteiger partial charge in [-0.05, 0) is 53.5 Å². The second kappa shape index (κ2) is 11.0. The molecule has 2 aromatic carbocycles. The summed E-state index contributed by atoms with van der Waals surface area (Å²) < 4.78 is 10.6. The summed E-state index contributed by atoms with van der Waals surface area (Å²) >= 11 is 0. The molecule has 0 saturated carbocycles. The number of amides is 1. The number of nitrogens with zero attached hydrogens (tertiary/aromatic N) is 1. The van der Waals surface area contributed by atoms with Crippen LogP contribution in [0.2, 0.25) is 0 Å². The maximum atomic E-state index is 12.4. The number of carbonyl (C=O) groups is 1. The lowest BCUT2D eigenvalue weighted by Gasteiger charge is -2.10. The second-order valence-corrected chi connectivity index (χ2v) is 6.05. The summed E-state index contributed by atoms with van der Waals surface area (Å²) in [7, 11) is 1.59. The smallest absolute Gasteiger partial charge is 0.262 e. The van der Waals surface area contributed by atoms with E-state index in [1.165, 1.54) is 0 Å². The molecule has 5 heteroatoms. The number of rotatable bonds is 9. The van der Waals surface area contributed by atoms with Crippen molar-refractivity contribution in [2.75, 3.05) is 13.7 Å². The van der Waals surface area contributed by atoms with Crippen LogP contribution >= 0.6 is 0 Å². The highest BCUT2D eigenvalue weighted by atomic mass is 16.5. The van der Waals surface area contributed by atoms with Crippen LogP contribution in [0.15, 0.2) is 60.7 Å². The van der Waals surface area contributed by atoms with Crippen LogP contribution in [0.3, 0.4) is 0 Å². The summed E-state index contributed by atoms with van der Waals surface area (Å²) in [5, 5.41) is 12.2. The molecule has 0 atom stereocenters. The zero-order valence-corrected chi connectivity index (χ0v) is 16.3. The molecule has 0 fully saturated rings. The van der Waals surface area contributed by atoms with Gasteiger partial charge in [-0.25, -0.2) is 0 Å². The van der Waals surface area contributed by atoms with Gasteiger partial charge in [0.05, 0.1) is 7.11 Å². The van der Waals surface area contributed by atoms with Gasteiger partial charge in [-0.15, -0.1) is 13.0 Å². The first-order valence-corrected chi connectivity index (χ1v) is 8.94. The summed E-state index contributed by atoms with van der Waals surface area (Å²) in [5.41, 5.74) is 2.51. The Bertz CT molecular complexity index is 977. The number of allylic oxidation sites excluding steroid dienone is 1. The van der Waals surface area contributed by atoms with Crippen molar-refractivity contribution in [3.05, 3.63) is 77.4 Å². The van der Waals surface area contributed by atoms with Crippen LogP contribution in [-0.4, -0.2) is 19.6 Å². The lowest BCUT2D eigenvalue weighted by atomic mass is 10.0. The Kier molecular flexibility index (Phi) is 8.10. The molecular weight excluding hydrogens is 364 g/mol. The molecule has 0 bridgehead atoms. The molecule has 2 rings (SSSR count). The highest BCUT2D eigenvalue weighted by Crippen LogP contribution is 2.22. The highest BCUT2D eigenvalue weighted by molar-refractivity contribution is 6.01. The van der Waals surface area contributed by atoms with Gasteiger partial charge >= 0.3 is 0 Å². The lowest BCUT2D eigenvalue weighted by Crippen LogP contribution is -2.23. The van der Waals surface area contributed by atoms with Gasteiger partial charge in [-0.2, -0.15) is 5.26 Å². The van der Waals surface area contributed by atoms with Gasteiger partial charge in [0.1, 0.15) is 29.7 Å². The molecule has 0 aliphatic heterocycles. The number of hydrogen-bond acceptors (Lipinski definition) is 4. The molecule has 0 aliphatic carbocycles. The van der Waals surface area contributed by atoms with Crippen LogP contribution in [0, 0.1) is 23.7 Å². The Morgan fingerprint density at radius 1 is 1.28 bits per heavy atom. The Labute approximate surface area is 171 Å². The molecular formula is C24H22N2O3. The molecule has 0 saturated heterocycles. The molecule has 0 heterocycles. The van der Waals surface area contributed by atoms with Crippen LogP contribution < -0.4 is 14.8 Å². The van der Waals surface area contributed by atoms with Gasteiger partial charge in [-0.1, -0.05) is 30.2 Å². The number of nitrogens with one attached hydrogen (secondary N) is 1. The number of terminal acetylenes is 1. The van der Waals surface area contributed by atoms with E-state index in [0.717, 1.165) is 16.9 Å². The van der Waals surface area contributed by atoms with Crippen molar-refractivity contribution in [1.82, 2.24) is 5.32 Å². The van der Waals surface area contributed by atoms with Gasteiger partial charge in [0.25, 0.3) is 5.91 Å². The van der Waals surface area contributed by atoms with Crippen LogP contribution in [0.25, 0.3) is 6.08 Å². The van der Waals surface area contributed by atoms with E-state index in [2.05, 4.69) is 17.8 Å². The van der Waals surface area contributed by atoms with E-state index in [1.807, 2.05) is 36.4 Å². The van der Waals surface area contributed by atoms with Crippen LogP contribution in [0.1, 0.15) is 16.7 Å². The third-order valence-corrected chi connectivity index (χ3v) is 4.05. The van der Waals surface area contributed by atoms with E-state index in [1.54, 1.807) is 31.4 Å². The third-order valence-electron chi connectivity index (χ3n) is 4.05. The second-order valence-electron chi connectivity index (χ2n) is 6.05. The summed E-state index contributed by atoms with van der Waals surface area (Å²) in [5.74, 6) is 3.38. The molecule has 0 aromatic heterocycles. The fourth-order valence-corrected chi connectivity index (χ4v) is 2.60. The number of carbonyl (C=O) groups excluding carboxylic acids is 1. The first-order valence-electron chi connectivity index (χ1n) is 8.94. The monoisotopic (exact) mass is 386 g/mol. The largest absolute Gasteiger partial charge is 0.497 e. The highest BCUT2D eigenvalue weighted by Gasteiger charge is 2.10. The molecule has 29 heavy (non-hydrogen) atoms. The molecule has 0 spiro atoms. The number of methoxy groups -OCH3 is 1. The molecule has 1 amide bonds. The minimum atomic E-state index is -0.443. The van der Waals surface area contributed by atoms with Crippen LogP contribution in [-0.2, 0) is 17.8 Å². The van der Waals surface area contributed by atoms with E-state index in [4.69, 9.17) is 15.9 Å². The van der Waals surface area contributed by atoms with Gasteiger partial charge in [0, 0.05) is 6.54 Å². The minimum absolute atomic E-state index is 0.0142. The van der Waals surface area contributed by atoms with Crippen molar-refractivity contribution in [2.45, 2.75) is 13.0 Å². The Balaban J connectivity index is 2.13. The van der Waals surface area contributed by atoms with Crippen molar-refractivity contribution in [3.8, 4) is 29.9 Å². The Hall–Kier alpha value is -3.96. The molecule has 2 aromatic rings. The molecule has 0 aliphatic rings. The average molecular weight is 386 g/mol.